The van der Waals surface area contributed by atoms with Crippen LogP contribution in [0.3, 0.4) is 0 Å². The van der Waals surface area contributed by atoms with Crippen LogP contribution in [0.2, 0.25) is 0 Å². The van der Waals surface area contributed by atoms with Gasteiger partial charge < -0.3 is 20.3 Å². The maximum absolute atomic E-state index is 11.8. The number of urea groups is 1. The number of hydrogen-bond acceptors (Lipinski definition) is 4. The Kier molecular flexibility index (Phi) is 6.67. The molecule has 1 saturated heterocycles. The molecule has 1 aromatic carbocycles. The summed E-state index contributed by atoms with van der Waals surface area (Å²) < 4.78 is 5.87. The van der Waals surface area contributed by atoms with Gasteiger partial charge in [0.05, 0.1) is 5.69 Å². The van der Waals surface area contributed by atoms with Gasteiger partial charge >= 0.3 is 6.03 Å². The van der Waals surface area contributed by atoms with Crippen LogP contribution in [0.5, 0.6) is 5.75 Å². The normalized spacial score (nSPS) is 16.3. The maximum Gasteiger partial charge on any atom is 0.319 e. The van der Waals surface area contributed by atoms with Gasteiger partial charge in [0, 0.05) is 38.8 Å². The molecule has 1 aliphatic rings. The molecule has 128 valence electrons. The molecule has 1 heterocycles. The van der Waals surface area contributed by atoms with Crippen molar-refractivity contribution in [1.29, 1.82) is 0 Å². The van der Waals surface area contributed by atoms with E-state index in [4.69, 9.17) is 4.74 Å². The third-order valence-electron chi connectivity index (χ3n) is 3.82. The summed E-state index contributed by atoms with van der Waals surface area (Å²) in [5.41, 5.74) is 0.698. The van der Waals surface area contributed by atoms with E-state index in [1.165, 1.54) is 0 Å². The van der Waals surface area contributed by atoms with Crippen molar-refractivity contribution in [3.63, 3.8) is 0 Å². The minimum atomic E-state index is -0.213. The Morgan fingerprint density at radius 2 is 1.91 bits per heavy atom. The monoisotopic (exact) mass is 320 g/mol. The molecular weight excluding hydrogens is 292 g/mol. The van der Waals surface area contributed by atoms with Gasteiger partial charge in [0.25, 0.3) is 0 Å². The molecule has 6 nitrogen and oxygen atoms in total. The van der Waals surface area contributed by atoms with Crippen molar-refractivity contribution in [2.75, 3.05) is 51.7 Å². The molecular formula is C17H28N4O2. The van der Waals surface area contributed by atoms with Gasteiger partial charge in [-0.2, -0.15) is 0 Å². The van der Waals surface area contributed by atoms with Crippen LogP contribution in [0.1, 0.15) is 13.8 Å². The molecule has 2 amide bonds. The van der Waals surface area contributed by atoms with Crippen LogP contribution >= 0.6 is 0 Å². The average molecular weight is 320 g/mol. The highest BCUT2D eigenvalue weighted by atomic mass is 16.5. The third-order valence-corrected chi connectivity index (χ3v) is 3.82. The number of carbonyl (C=O) groups is 1. The van der Waals surface area contributed by atoms with Crippen molar-refractivity contribution in [3.8, 4) is 5.75 Å². The maximum atomic E-state index is 11.8. The zero-order chi connectivity index (χ0) is 16.7. The van der Waals surface area contributed by atoms with E-state index in [-0.39, 0.29) is 12.1 Å². The van der Waals surface area contributed by atoms with Gasteiger partial charge in [-0.1, -0.05) is 12.1 Å². The number of benzene rings is 1. The predicted octanol–water partition coefficient (Wildman–Crippen LogP) is 1.84. The minimum absolute atomic E-state index is 0.0975. The Hall–Kier alpha value is -1.79. The zero-order valence-corrected chi connectivity index (χ0v) is 14.3. The van der Waals surface area contributed by atoms with E-state index in [1.807, 2.05) is 38.1 Å². The van der Waals surface area contributed by atoms with Crippen molar-refractivity contribution in [1.82, 2.24) is 15.1 Å². The first-order valence-corrected chi connectivity index (χ1v) is 8.25. The summed E-state index contributed by atoms with van der Waals surface area (Å²) in [4.78, 5) is 16.6. The molecule has 1 fully saturated rings. The Bertz CT molecular complexity index is 499. The number of anilines is 1. The van der Waals surface area contributed by atoms with Crippen LogP contribution in [-0.4, -0.2) is 68.3 Å². The topological polar surface area (TPSA) is 56.8 Å². The molecule has 1 aliphatic heterocycles. The lowest BCUT2D eigenvalue weighted by molar-refractivity contribution is 0.134. The summed E-state index contributed by atoms with van der Waals surface area (Å²) in [5.74, 6) is 0.709. The number of nitrogens with one attached hydrogen (secondary N) is 2. The number of ether oxygens (including phenoxy) is 1. The number of piperazine rings is 1. The predicted molar refractivity (Wildman–Crippen MR) is 93.2 cm³/mol. The van der Waals surface area contributed by atoms with Gasteiger partial charge in [-0.05, 0) is 33.0 Å². The molecule has 6 heteroatoms. The summed E-state index contributed by atoms with van der Waals surface area (Å²) in [6.07, 6.45) is 0. The number of likely N-dealkylation sites (N-methyl/N-ethyl adjacent to an activating group) is 1. The lowest BCUT2D eigenvalue weighted by atomic mass is 10.3. The summed E-state index contributed by atoms with van der Waals surface area (Å²) in [6, 6.07) is 7.42. The summed E-state index contributed by atoms with van der Waals surface area (Å²) >= 11 is 0. The Balaban J connectivity index is 1.81. The van der Waals surface area contributed by atoms with Gasteiger partial charge in [-0.25, -0.2) is 4.79 Å². The number of carbonyl (C=O) groups excluding carboxylic acids is 1. The molecule has 0 atom stereocenters. The summed E-state index contributed by atoms with van der Waals surface area (Å²) in [5, 5.41) is 5.65. The van der Waals surface area contributed by atoms with E-state index in [0.29, 0.717) is 18.0 Å². The van der Waals surface area contributed by atoms with E-state index < -0.39 is 0 Å². The molecule has 0 aromatic heterocycles. The van der Waals surface area contributed by atoms with Crippen LogP contribution in [-0.2, 0) is 0 Å². The van der Waals surface area contributed by atoms with E-state index in [9.17, 15) is 4.79 Å². The Morgan fingerprint density at radius 1 is 1.22 bits per heavy atom. The van der Waals surface area contributed by atoms with Gasteiger partial charge in [0.1, 0.15) is 12.4 Å². The second kappa shape index (κ2) is 8.74. The first kappa shape index (κ1) is 17.6. The third kappa shape index (κ3) is 6.08. The van der Waals surface area contributed by atoms with Gasteiger partial charge in [-0.3, -0.25) is 4.90 Å². The lowest BCUT2D eigenvalue weighted by Crippen LogP contribution is -2.45. The average Bonchev–Trinajstić information content (AvgIpc) is 2.50. The van der Waals surface area contributed by atoms with Crippen molar-refractivity contribution in [3.05, 3.63) is 24.3 Å². The molecule has 0 radical (unpaired) electrons. The fraction of sp³-hybridized carbons (Fsp3) is 0.588. The van der Waals surface area contributed by atoms with Crippen LogP contribution < -0.4 is 15.4 Å². The second-order valence-electron chi connectivity index (χ2n) is 6.24. The first-order valence-electron chi connectivity index (χ1n) is 8.25. The molecule has 2 rings (SSSR count). The SMILES string of the molecule is CC(C)NC(=O)Nc1ccccc1OCCN1CCN(C)CC1. The largest absolute Gasteiger partial charge is 0.490 e. The standard InChI is InChI=1S/C17H28N4O2/c1-14(2)18-17(22)19-15-6-4-5-7-16(15)23-13-12-21-10-8-20(3)9-11-21/h4-7,14H,8-13H2,1-3H3,(H2,18,19,22). The Morgan fingerprint density at radius 3 is 2.61 bits per heavy atom. The molecule has 0 spiro atoms. The van der Waals surface area contributed by atoms with Gasteiger partial charge in [0.15, 0.2) is 0 Å². The van der Waals surface area contributed by atoms with Crippen LogP contribution in [0.15, 0.2) is 24.3 Å². The lowest BCUT2D eigenvalue weighted by Gasteiger charge is -2.32. The molecule has 0 saturated carbocycles. The second-order valence-corrected chi connectivity index (χ2v) is 6.24. The fourth-order valence-corrected chi connectivity index (χ4v) is 2.47. The molecule has 2 N–H and O–H groups in total. The van der Waals surface area contributed by atoms with Crippen molar-refractivity contribution >= 4 is 11.7 Å². The Labute approximate surface area is 138 Å². The minimum Gasteiger partial charge on any atom is -0.490 e. The highest BCUT2D eigenvalue weighted by Gasteiger charge is 2.14. The molecule has 0 bridgehead atoms. The van der Waals surface area contributed by atoms with Crippen LogP contribution in [0.4, 0.5) is 10.5 Å². The van der Waals surface area contributed by atoms with Crippen molar-refractivity contribution < 1.29 is 9.53 Å². The smallest absolute Gasteiger partial charge is 0.319 e. The zero-order valence-electron chi connectivity index (χ0n) is 14.3. The number of para-hydroxylation sites is 2. The van der Waals surface area contributed by atoms with Crippen molar-refractivity contribution in [2.24, 2.45) is 0 Å². The van der Waals surface area contributed by atoms with Crippen LogP contribution in [0.25, 0.3) is 0 Å². The summed E-state index contributed by atoms with van der Waals surface area (Å²) in [6.45, 7) is 9.75. The summed E-state index contributed by atoms with van der Waals surface area (Å²) in [7, 11) is 2.15. The molecule has 0 aliphatic carbocycles. The highest BCUT2D eigenvalue weighted by Crippen LogP contribution is 2.23. The first-order chi connectivity index (χ1) is 11.0. The number of amides is 2. The number of hydrogen-bond donors (Lipinski definition) is 2. The molecule has 1 aromatic rings. The van der Waals surface area contributed by atoms with E-state index in [2.05, 4.69) is 27.5 Å². The van der Waals surface area contributed by atoms with E-state index in [0.717, 1.165) is 32.7 Å². The van der Waals surface area contributed by atoms with Gasteiger partial charge in [0.2, 0.25) is 0 Å². The van der Waals surface area contributed by atoms with E-state index in [1.54, 1.807) is 0 Å². The van der Waals surface area contributed by atoms with Crippen LogP contribution in [0, 0.1) is 0 Å². The highest BCUT2D eigenvalue weighted by molar-refractivity contribution is 5.91. The van der Waals surface area contributed by atoms with Crippen molar-refractivity contribution in [2.45, 2.75) is 19.9 Å². The van der Waals surface area contributed by atoms with E-state index >= 15 is 0 Å². The molecule has 23 heavy (non-hydrogen) atoms. The quantitative estimate of drug-likeness (QED) is 0.840. The van der Waals surface area contributed by atoms with Gasteiger partial charge in [-0.15, -0.1) is 0 Å². The number of nitrogens with zero attached hydrogens (tertiary/aromatic N) is 2. The number of rotatable bonds is 6. The molecule has 0 unspecified atom stereocenters. The fourth-order valence-electron chi connectivity index (χ4n) is 2.47.